The summed E-state index contributed by atoms with van der Waals surface area (Å²) in [6, 6.07) is 15.4. The summed E-state index contributed by atoms with van der Waals surface area (Å²) in [5, 5.41) is 0. The molecule has 0 aromatic heterocycles. The maximum atomic E-state index is 13.2. The molecule has 3 nitrogen and oxygen atoms in total. The van der Waals surface area contributed by atoms with Crippen LogP contribution in [0.25, 0.3) is 0 Å². The lowest BCUT2D eigenvalue weighted by Crippen LogP contribution is -2.31. The van der Waals surface area contributed by atoms with Crippen molar-refractivity contribution in [1.29, 1.82) is 0 Å². The first-order valence-corrected chi connectivity index (χ1v) is 10.3. The highest BCUT2D eigenvalue weighted by molar-refractivity contribution is 7.89. The second kappa shape index (κ2) is 6.58. The Morgan fingerprint density at radius 3 is 2.24 bits per heavy atom. The Balaban J connectivity index is 1.95. The van der Waals surface area contributed by atoms with Crippen LogP contribution in [-0.2, 0) is 15.4 Å². The largest absolute Gasteiger partial charge is 0.243 e. The van der Waals surface area contributed by atoms with E-state index in [0.29, 0.717) is 11.4 Å². The third kappa shape index (κ3) is 3.51. The van der Waals surface area contributed by atoms with Crippen LogP contribution < -0.4 is 0 Å². The molecule has 1 aliphatic heterocycles. The molecule has 2 aromatic carbocycles. The Morgan fingerprint density at radius 1 is 1.00 bits per heavy atom. The normalized spacial score (nSPS) is 19.3. The first kappa shape index (κ1) is 18.2. The highest BCUT2D eigenvalue weighted by atomic mass is 32.2. The lowest BCUT2D eigenvalue weighted by Gasteiger charge is -2.26. The topological polar surface area (TPSA) is 37.4 Å². The second-order valence-electron chi connectivity index (χ2n) is 7.90. The SMILES string of the molecule is Cc1ccccc1[C@@H]1CCCN1S(=O)(=O)c1ccc(C(C)(C)C)cc1. The average molecular weight is 358 g/mol. The van der Waals surface area contributed by atoms with E-state index in [-0.39, 0.29) is 11.5 Å². The zero-order valence-electron chi connectivity index (χ0n) is 15.5. The predicted octanol–water partition coefficient (Wildman–Crippen LogP) is 4.82. The van der Waals surface area contributed by atoms with E-state index in [2.05, 4.69) is 39.8 Å². The summed E-state index contributed by atoms with van der Waals surface area (Å²) in [4.78, 5) is 0.390. The zero-order valence-corrected chi connectivity index (χ0v) is 16.3. The van der Waals surface area contributed by atoms with E-state index in [0.717, 1.165) is 29.5 Å². The van der Waals surface area contributed by atoms with Gasteiger partial charge in [-0.15, -0.1) is 0 Å². The molecule has 0 saturated carbocycles. The van der Waals surface area contributed by atoms with E-state index < -0.39 is 10.0 Å². The van der Waals surface area contributed by atoms with E-state index in [1.807, 2.05) is 24.3 Å². The Morgan fingerprint density at radius 2 is 1.64 bits per heavy atom. The summed E-state index contributed by atoms with van der Waals surface area (Å²) in [6.45, 7) is 9.03. The van der Waals surface area contributed by atoms with Crippen molar-refractivity contribution in [3.63, 3.8) is 0 Å². The summed E-state index contributed by atoms with van der Waals surface area (Å²) in [5.41, 5.74) is 3.43. The lowest BCUT2D eigenvalue weighted by molar-refractivity contribution is 0.395. The molecule has 4 heteroatoms. The molecular formula is C21H27NO2S. The number of aryl methyl sites for hydroxylation is 1. The minimum atomic E-state index is -3.48. The minimum Gasteiger partial charge on any atom is -0.207 e. The van der Waals surface area contributed by atoms with Gasteiger partial charge in [0.2, 0.25) is 10.0 Å². The summed E-state index contributed by atoms with van der Waals surface area (Å²) in [5.74, 6) is 0. The van der Waals surface area contributed by atoms with Gasteiger partial charge in [0.1, 0.15) is 0 Å². The van der Waals surface area contributed by atoms with Gasteiger partial charge >= 0.3 is 0 Å². The molecule has 2 aromatic rings. The number of benzene rings is 2. The standard InChI is InChI=1S/C21H27NO2S/c1-16-8-5-6-9-19(16)20-10-7-15-22(20)25(23,24)18-13-11-17(12-14-18)21(2,3)4/h5-6,8-9,11-14,20H,7,10,15H2,1-4H3/t20-/m0/s1. The highest BCUT2D eigenvalue weighted by Gasteiger charge is 2.36. The van der Waals surface area contributed by atoms with Gasteiger partial charge in [0, 0.05) is 6.54 Å². The fourth-order valence-corrected chi connectivity index (χ4v) is 5.24. The van der Waals surface area contributed by atoms with E-state index >= 15 is 0 Å². The molecule has 25 heavy (non-hydrogen) atoms. The van der Waals surface area contributed by atoms with Gasteiger partial charge in [-0.2, -0.15) is 4.31 Å². The quantitative estimate of drug-likeness (QED) is 0.790. The first-order chi connectivity index (χ1) is 11.7. The summed E-state index contributed by atoms with van der Waals surface area (Å²) >= 11 is 0. The molecule has 1 saturated heterocycles. The Kier molecular flexibility index (Phi) is 4.78. The third-order valence-electron chi connectivity index (χ3n) is 5.08. The van der Waals surface area contributed by atoms with Crippen LogP contribution in [0.1, 0.15) is 56.3 Å². The van der Waals surface area contributed by atoms with Gasteiger partial charge in [-0.3, -0.25) is 0 Å². The molecular weight excluding hydrogens is 330 g/mol. The minimum absolute atomic E-state index is 0.0135. The van der Waals surface area contributed by atoms with E-state index in [1.54, 1.807) is 16.4 Å². The number of sulfonamides is 1. The Labute approximate surface area is 151 Å². The second-order valence-corrected chi connectivity index (χ2v) is 9.80. The fraction of sp³-hybridized carbons (Fsp3) is 0.429. The molecule has 1 aliphatic rings. The molecule has 3 rings (SSSR count). The van der Waals surface area contributed by atoms with E-state index in [4.69, 9.17) is 0 Å². The molecule has 0 amide bonds. The van der Waals surface area contributed by atoms with Crippen LogP contribution in [-0.4, -0.2) is 19.3 Å². The molecule has 134 valence electrons. The molecule has 1 heterocycles. The van der Waals surface area contributed by atoms with Crippen molar-refractivity contribution in [2.24, 2.45) is 0 Å². The molecule has 0 radical (unpaired) electrons. The van der Waals surface area contributed by atoms with Gasteiger partial charge in [0.05, 0.1) is 10.9 Å². The molecule has 0 N–H and O–H groups in total. The van der Waals surface area contributed by atoms with Crippen LogP contribution in [0, 0.1) is 6.92 Å². The van der Waals surface area contributed by atoms with Gasteiger partial charge < -0.3 is 0 Å². The van der Waals surface area contributed by atoms with Gasteiger partial charge in [-0.1, -0.05) is 57.2 Å². The first-order valence-electron chi connectivity index (χ1n) is 8.89. The van der Waals surface area contributed by atoms with E-state index in [9.17, 15) is 8.42 Å². The molecule has 1 fully saturated rings. The summed E-state index contributed by atoms with van der Waals surface area (Å²) < 4.78 is 28.1. The van der Waals surface area contributed by atoms with Gasteiger partial charge in [-0.05, 0) is 54.0 Å². The summed E-state index contributed by atoms with van der Waals surface area (Å²) in [7, 11) is -3.48. The van der Waals surface area contributed by atoms with Crippen LogP contribution in [0.15, 0.2) is 53.4 Å². The molecule has 0 unspecified atom stereocenters. The zero-order chi connectivity index (χ0) is 18.2. The van der Waals surface area contributed by atoms with Crippen molar-refractivity contribution in [2.75, 3.05) is 6.54 Å². The van der Waals surface area contributed by atoms with Crippen molar-refractivity contribution < 1.29 is 8.42 Å². The van der Waals surface area contributed by atoms with E-state index in [1.165, 1.54) is 0 Å². The van der Waals surface area contributed by atoms with Gasteiger partial charge in [-0.25, -0.2) is 8.42 Å². The van der Waals surface area contributed by atoms with Gasteiger partial charge in [0.15, 0.2) is 0 Å². The molecule has 0 bridgehead atoms. The number of nitrogens with zero attached hydrogens (tertiary/aromatic N) is 1. The number of rotatable bonds is 3. The monoisotopic (exact) mass is 357 g/mol. The number of hydrogen-bond donors (Lipinski definition) is 0. The molecule has 0 spiro atoms. The smallest absolute Gasteiger partial charge is 0.207 e. The van der Waals surface area contributed by atoms with Crippen molar-refractivity contribution in [3.8, 4) is 0 Å². The van der Waals surface area contributed by atoms with Crippen molar-refractivity contribution in [2.45, 2.75) is 56.9 Å². The Hall–Kier alpha value is -1.65. The molecule has 0 aliphatic carbocycles. The maximum Gasteiger partial charge on any atom is 0.243 e. The third-order valence-corrected chi connectivity index (χ3v) is 7.00. The van der Waals surface area contributed by atoms with Crippen LogP contribution in [0.5, 0.6) is 0 Å². The highest BCUT2D eigenvalue weighted by Crippen LogP contribution is 2.38. The Bertz CT molecular complexity index is 848. The van der Waals surface area contributed by atoms with Crippen LogP contribution in [0.2, 0.25) is 0 Å². The number of hydrogen-bond acceptors (Lipinski definition) is 2. The van der Waals surface area contributed by atoms with Gasteiger partial charge in [0.25, 0.3) is 0 Å². The van der Waals surface area contributed by atoms with Crippen molar-refractivity contribution in [1.82, 2.24) is 4.31 Å². The van der Waals surface area contributed by atoms with Crippen LogP contribution >= 0.6 is 0 Å². The van der Waals surface area contributed by atoms with Crippen molar-refractivity contribution >= 4 is 10.0 Å². The fourth-order valence-electron chi connectivity index (χ4n) is 3.56. The predicted molar refractivity (Wildman–Crippen MR) is 102 cm³/mol. The lowest BCUT2D eigenvalue weighted by atomic mass is 9.87. The van der Waals surface area contributed by atoms with Crippen LogP contribution in [0.3, 0.4) is 0 Å². The average Bonchev–Trinajstić information content (AvgIpc) is 3.05. The molecule has 1 atom stereocenters. The summed E-state index contributed by atoms with van der Waals surface area (Å²) in [6.07, 6.45) is 1.78. The van der Waals surface area contributed by atoms with Crippen LogP contribution in [0.4, 0.5) is 0 Å². The maximum absolute atomic E-state index is 13.2. The van der Waals surface area contributed by atoms with Crippen molar-refractivity contribution in [3.05, 3.63) is 65.2 Å².